The fourth-order valence-corrected chi connectivity index (χ4v) is 1.68. The average molecular weight is 214 g/mol. The summed E-state index contributed by atoms with van der Waals surface area (Å²) in [6.07, 6.45) is 0. The molecular formula is C12H14N4. The Kier molecular flexibility index (Phi) is 2.83. The molecule has 0 aliphatic heterocycles. The van der Waals surface area contributed by atoms with Crippen molar-refractivity contribution in [2.45, 2.75) is 13.5 Å². The van der Waals surface area contributed by atoms with Crippen LogP contribution in [0.4, 0.5) is 5.95 Å². The summed E-state index contributed by atoms with van der Waals surface area (Å²) in [5.74, 6) is 0.293. The molecule has 0 aliphatic rings. The number of nitrogen functional groups attached to an aromatic ring is 1. The first-order valence-electron chi connectivity index (χ1n) is 5.10. The van der Waals surface area contributed by atoms with E-state index in [0.717, 1.165) is 22.5 Å². The smallest absolute Gasteiger partial charge is 0.220 e. The maximum atomic E-state index is 5.69. The molecule has 4 nitrogen and oxygen atoms in total. The molecule has 0 amide bonds. The summed E-state index contributed by atoms with van der Waals surface area (Å²) in [6, 6.07) is 9.81. The van der Waals surface area contributed by atoms with Crippen LogP contribution in [0.2, 0.25) is 0 Å². The number of rotatable bonds is 2. The third-order valence-corrected chi connectivity index (χ3v) is 2.38. The molecule has 0 radical (unpaired) electrons. The van der Waals surface area contributed by atoms with E-state index in [1.165, 1.54) is 0 Å². The van der Waals surface area contributed by atoms with Gasteiger partial charge < -0.3 is 11.5 Å². The Morgan fingerprint density at radius 1 is 1.19 bits per heavy atom. The molecule has 1 aromatic heterocycles. The topological polar surface area (TPSA) is 77.8 Å². The van der Waals surface area contributed by atoms with Crippen molar-refractivity contribution in [2.24, 2.45) is 5.73 Å². The van der Waals surface area contributed by atoms with Crippen molar-refractivity contribution < 1.29 is 0 Å². The molecule has 4 N–H and O–H groups in total. The Morgan fingerprint density at radius 2 is 1.94 bits per heavy atom. The van der Waals surface area contributed by atoms with Crippen molar-refractivity contribution >= 4 is 5.95 Å². The van der Waals surface area contributed by atoms with Crippen LogP contribution in [-0.4, -0.2) is 9.97 Å². The van der Waals surface area contributed by atoms with Crippen LogP contribution in [0, 0.1) is 6.92 Å². The lowest BCUT2D eigenvalue weighted by atomic mass is 10.0. The van der Waals surface area contributed by atoms with Gasteiger partial charge in [0.1, 0.15) is 0 Å². The zero-order valence-electron chi connectivity index (χ0n) is 9.14. The van der Waals surface area contributed by atoms with Gasteiger partial charge in [0.05, 0.1) is 5.69 Å². The van der Waals surface area contributed by atoms with Gasteiger partial charge in [-0.3, -0.25) is 0 Å². The van der Waals surface area contributed by atoms with E-state index in [2.05, 4.69) is 9.97 Å². The minimum atomic E-state index is 0.293. The van der Waals surface area contributed by atoms with E-state index in [-0.39, 0.29) is 0 Å². The molecule has 0 fully saturated rings. The molecular weight excluding hydrogens is 200 g/mol. The van der Waals surface area contributed by atoms with Crippen LogP contribution in [0.15, 0.2) is 30.3 Å². The number of hydrogen-bond acceptors (Lipinski definition) is 4. The van der Waals surface area contributed by atoms with Gasteiger partial charge in [-0.25, -0.2) is 9.97 Å². The Balaban J connectivity index is 2.58. The van der Waals surface area contributed by atoms with Gasteiger partial charge >= 0.3 is 0 Å². The number of aromatic nitrogens is 2. The minimum absolute atomic E-state index is 0.293. The van der Waals surface area contributed by atoms with Gasteiger partial charge in [0, 0.05) is 17.8 Å². The molecule has 4 heteroatoms. The lowest BCUT2D eigenvalue weighted by Crippen LogP contribution is -2.02. The van der Waals surface area contributed by atoms with Crippen LogP contribution in [-0.2, 0) is 6.54 Å². The van der Waals surface area contributed by atoms with Crippen LogP contribution in [0.25, 0.3) is 11.3 Å². The third-order valence-electron chi connectivity index (χ3n) is 2.38. The quantitative estimate of drug-likeness (QED) is 0.794. The largest absolute Gasteiger partial charge is 0.368 e. The summed E-state index contributed by atoms with van der Waals surface area (Å²) < 4.78 is 0. The highest BCUT2D eigenvalue weighted by Gasteiger charge is 2.06. The SMILES string of the molecule is Cc1cc(-c2ccccc2CN)nc(N)n1. The number of nitrogens with zero attached hydrogens (tertiary/aromatic N) is 2. The standard InChI is InChI=1S/C12H14N4/c1-8-6-11(16-12(14)15-8)10-5-3-2-4-9(10)7-13/h2-6H,7,13H2,1H3,(H2,14,15,16). The number of anilines is 1. The van der Waals surface area contributed by atoms with Gasteiger partial charge in [0.15, 0.2) is 0 Å². The molecule has 1 aromatic carbocycles. The second-order valence-corrected chi connectivity index (χ2v) is 3.61. The molecule has 0 saturated heterocycles. The van der Waals surface area contributed by atoms with Crippen LogP contribution in [0.5, 0.6) is 0 Å². The maximum Gasteiger partial charge on any atom is 0.220 e. The Morgan fingerprint density at radius 3 is 2.62 bits per heavy atom. The fourth-order valence-electron chi connectivity index (χ4n) is 1.68. The van der Waals surface area contributed by atoms with E-state index < -0.39 is 0 Å². The van der Waals surface area contributed by atoms with Gasteiger partial charge in [-0.15, -0.1) is 0 Å². The zero-order chi connectivity index (χ0) is 11.5. The highest BCUT2D eigenvalue weighted by atomic mass is 15.0. The third kappa shape index (κ3) is 2.01. The summed E-state index contributed by atoms with van der Waals surface area (Å²) in [6.45, 7) is 2.38. The zero-order valence-corrected chi connectivity index (χ0v) is 9.14. The van der Waals surface area contributed by atoms with Crippen molar-refractivity contribution in [3.05, 3.63) is 41.6 Å². The molecule has 0 bridgehead atoms. The molecule has 0 spiro atoms. The van der Waals surface area contributed by atoms with Gasteiger partial charge in [0.25, 0.3) is 0 Å². The Hall–Kier alpha value is -1.94. The number of nitrogens with two attached hydrogens (primary N) is 2. The first-order chi connectivity index (χ1) is 7.70. The molecule has 2 aromatic rings. The molecule has 0 atom stereocenters. The van der Waals surface area contributed by atoms with E-state index in [9.17, 15) is 0 Å². The van der Waals surface area contributed by atoms with Crippen LogP contribution >= 0.6 is 0 Å². The first-order valence-corrected chi connectivity index (χ1v) is 5.10. The van der Waals surface area contributed by atoms with E-state index in [0.29, 0.717) is 12.5 Å². The molecule has 82 valence electrons. The molecule has 0 unspecified atom stereocenters. The summed E-state index contributed by atoms with van der Waals surface area (Å²) in [5, 5.41) is 0. The average Bonchev–Trinajstić information content (AvgIpc) is 2.27. The highest BCUT2D eigenvalue weighted by molar-refractivity contribution is 5.64. The molecule has 2 rings (SSSR count). The fraction of sp³-hybridized carbons (Fsp3) is 0.167. The monoisotopic (exact) mass is 214 g/mol. The number of benzene rings is 1. The van der Waals surface area contributed by atoms with Crippen molar-refractivity contribution in [1.82, 2.24) is 9.97 Å². The summed E-state index contributed by atoms with van der Waals surface area (Å²) in [4.78, 5) is 8.27. The second-order valence-electron chi connectivity index (χ2n) is 3.61. The van der Waals surface area contributed by atoms with Crippen molar-refractivity contribution in [2.75, 3.05) is 5.73 Å². The molecule has 0 saturated carbocycles. The highest BCUT2D eigenvalue weighted by Crippen LogP contribution is 2.22. The van der Waals surface area contributed by atoms with Gasteiger partial charge in [-0.2, -0.15) is 0 Å². The van der Waals surface area contributed by atoms with E-state index in [1.54, 1.807) is 0 Å². The van der Waals surface area contributed by atoms with Crippen LogP contribution < -0.4 is 11.5 Å². The van der Waals surface area contributed by atoms with Gasteiger partial charge in [-0.05, 0) is 18.6 Å². The predicted molar refractivity (Wildman–Crippen MR) is 64.5 cm³/mol. The Bertz CT molecular complexity index is 488. The molecule has 0 aliphatic carbocycles. The summed E-state index contributed by atoms with van der Waals surface area (Å²) >= 11 is 0. The van der Waals surface area contributed by atoms with Gasteiger partial charge in [-0.1, -0.05) is 24.3 Å². The minimum Gasteiger partial charge on any atom is -0.368 e. The molecule has 1 heterocycles. The number of hydrogen-bond donors (Lipinski definition) is 2. The van der Waals surface area contributed by atoms with Crippen molar-refractivity contribution in [3.8, 4) is 11.3 Å². The summed E-state index contributed by atoms with van der Waals surface area (Å²) in [7, 11) is 0. The predicted octanol–water partition coefficient (Wildman–Crippen LogP) is 1.49. The Labute approximate surface area is 94.3 Å². The second kappa shape index (κ2) is 4.28. The lowest BCUT2D eigenvalue weighted by Gasteiger charge is -2.07. The van der Waals surface area contributed by atoms with Crippen molar-refractivity contribution in [3.63, 3.8) is 0 Å². The van der Waals surface area contributed by atoms with E-state index >= 15 is 0 Å². The lowest BCUT2D eigenvalue weighted by molar-refractivity contribution is 1.06. The van der Waals surface area contributed by atoms with E-state index in [1.807, 2.05) is 37.3 Å². The van der Waals surface area contributed by atoms with Crippen LogP contribution in [0.1, 0.15) is 11.3 Å². The van der Waals surface area contributed by atoms with Gasteiger partial charge in [0.2, 0.25) is 5.95 Å². The molecule has 16 heavy (non-hydrogen) atoms. The normalized spacial score (nSPS) is 10.4. The maximum absolute atomic E-state index is 5.69. The number of aryl methyl sites for hydroxylation is 1. The summed E-state index contributed by atoms with van der Waals surface area (Å²) in [5.41, 5.74) is 15.1. The van der Waals surface area contributed by atoms with Crippen LogP contribution in [0.3, 0.4) is 0 Å². The van der Waals surface area contributed by atoms with Crippen molar-refractivity contribution in [1.29, 1.82) is 0 Å². The van der Waals surface area contributed by atoms with E-state index in [4.69, 9.17) is 11.5 Å². The first kappa shape index (κ1) is 10.6.